The molecule has 2 aliphatic rings. The van der Waals surface area contributed by atoms with Crippen molar-refractivity contribution < 1.29 is 19.2 Å². The number of imide groups is 2. The third kappa shape index (κ3) is 2.26. The fourth-order valence-corrected chi connectivity index (χ4v) is 3.09. The molecule has 0 bridgehead atoms. The van der Waals surface area contributed by atoms with Crippen LogP contribution in [0.4, 0.5) is 11.4 Å². The van der Waals surface area contributed by atoms with Crippen LogP contribution < -0.4 is 9.80 Å². The average molecular weight is 365 g/mol. The predicted molar refractivity (Wildman–Crippen MR) is 88.8 cm³/mol. The van der Waals surface area contributed by atoms with Crippen molar-refractivity contribution in [1.82, 2.24) is 0 Å². The van der Waals surface area contributed by atoms with Crippen molar-refractivity contribution in [3.63, 3.8) is 0 Å². The van der Waals surface area contributed by atoms with Crippen molar-refractivity contribution in [2.45, 2.75) is 13.8 Å². The first kappa shape index (κ1) is 16.4. The van der Waals surface area contributed by atoms with E-state index in [1.807, 2.05) is 0 Å². The number of halogens is 2. The van der Waals surface area contributed by atoms with Crippen LogP contribution in [0.5, 0.6) is 0 Å². The SMILES string of the molecule is Cc1ccc(N2C(=O)C=C(Cl)C2=O)c(C)c1N1C(=O)C=C(Cl)C1=O. The maximum Gasteiger partial charge on any atom is 0.277 e. The van der Waals surface area contributed by atoms with E-state index in [0.717, 1.165) is 22.0 Å². The molecule has 2 aliphatic heterocycles. The highest BCUT2D eigenvalue weighted by Crippen LogP contribution is 2.37. The lowest BCUT2D eigenvalue weighted by atomic mass is 10.0. The number of nitrogens with zero attached hydrogens (tertiary/aromatic N) is 2. The maximum absolute atomic E-state index is 12.2. The van der Waals surface area contributed by atoms with E-state index in [1.165, 1.54) is 0 Å². The number of hydrogen-bond acceptors (Lipinski definition) is 4. The minimum Gasteiger partial charge on any atom is -0.269 e. The summed E-state index contributed by atoms with van der Waals surface area (Å²) in [5.74, 6) is -2.48. The molecule has 0 radical (unpaired) electrons. The number of anilines is 2. The van der Waals surface area contributed by atoms with Crippen LogP contribution in [0.2, 0.25) is 0 Å². The normalized spacial score (nSPS) is 17.8. The Hall–Kier alpha value is -2.44. The van der Waals surface area contributed by atoms with E-state index in [2.05, 4.69) is 0 Å². The van der Waals surface area contributed by atoms with Gasteiger partial charge in [-0.2, -0.15) is 0 Å². The van der Waals surface area contributed by atoms with E-state index in [-0.39, 0.29) is 21.4 Å². The molecule has 24 heavy (non-hydrogen) atoms. The average Bonchev–Trinajstić information content (AvgIpc) is 2.90. The number of amides is 4. The lowest BCUT2D eigenvalue weighted by Crippen LogP contribution is -2.34. The van der Waals surface area contributed by atoms with Crippen LogP contribution in [0, 0.1) is 13.8 Å². The molecule has 0 spiro atoms. The van der Waals surface area contributed by atoms with Crippen LogP contribution in [-0.2, 0) is 19.2 Å². The first-order valence-corrected chi connectivity index (χ1v) is 7.61. The van der Waals surface area contributed by atoms with E-state index in [4.69, 9.17) is 23.2 Å². The highest BCUT2D eigenvalue weighted by molar-refractivity contribution is 6.52. The smallest absolute Gasteiger partial charge is 0.269 e. The minimum atomic E-state index is -0.658. The Morgan fingerprint density at radius 1 is 0.792 bits per heavy atom. The van der Waals surface area contributed by atoms with Gasteiger partial charge in [-0.05, 0) is 31.0 Å². The maximum atomic E-state index is 12.2. The molecule has 0 saturated carbocycles. The second kappa shape index (κ2) is 5.58. The molecule has 0 atom stereocenters. The molecule has 1 aromatic rings. The zero-order valence-electron chi connectivity index (χ0n) is 12.6. The van der Waals surface area contributed by atoms with Crippen molar-refractivity contribution >= 4 is 58.2 Å². The molecule has 4 amide bonds. The Bertz CT molecular complexity index is 902. The molecule has 8 heteroatoms. The van der Waals surface area contributed by atoms with Crippen molar-refractivity contribution in [2.24, 2.45) is 0 Å². The van der Waals surface area contributed by atoms with Crippen LogP contribution in [0.15, 0.2) is 34.3 Å². The van der Waals surface area contributed by atoms with Gasteiger partial charge >= 0.3 is 0 Å². The summed E-state index contributed by atoms with van der Waals surface area (Å²) in [7, 11) is 0. The van der Waals surface area contributed by atoms with Crippen molar-refractivity contribution in [1.29, 1.82) is 0 Å². The standard InChI is InChI=1S/C16H10Cl2N2O4/c1-7-3-4-11(19-12(21)5-9(17)15(19)23)8(2)14(7)20-13(22)6-10(18)16(20)24/h3-6H,1-2H3. The third-order valence-electron chi connectivity index (χ3n) is 3.82. The van der Waals surface area contributed by atoms with Crippen LogP contribution in [-0.4, -0.2) is 23.6 Å². The van der Waals surface area contributed by atoms with E-state index in [1.54, 1.807) is 26.0 Å². The van der Waals surface area contributed by atoms with Gasteiger partial charge < -0.3 is 0 Å². The van der Waals surface area contributed by atoms with Gasteiger partial charge in [0, 0.05) is 12.2 Å². The van der Waals surface area contributed by atoms with Gasteiger partial charge in [0.25, 0.3) is 23.6 Å². The van der Waals surface area contributed by atoms with Gasteiger partial charge in [-0.3, -0.25) is 19.2 Å². The van der Waals surface area contributed by atoms with Gasteiger partial charge in [0.2, 0.25) is 0 Å². The van der Waals surface area contributed by atoms with E-state index >= 15 is 0 Å². The van der Waals surface area contributed by atoms with E-state index in [9.17, 15) is 19.2 Å². The van der Waals surface area contributed by atoms with Gasteiger partial charge in [-0.25, -0.2) is 9.80 Å². The number of carbonyl (C=O) groups excluding carboxylic acids is 4. The van der Waals surface area contributed by atoms with Gasteiger partial charge in [0.15, 0.2) is 0 Å². The van der Waals surface area contributed by atoms with Crippen LogP contribution in [0.25, 0.3) is 0 Å². The van der Waals surface area contributed by atoms with Gasteiger partial charge in [0.1, 0.15) is 10.1 Å². The third-order valence-corrected chi connectivity index (χ3v) is 4.37. The van der Waals surface area contributed by atoms with Gasteiger partial charge in [-0.15, -0.1) is 0 Å². The zero-order valence-corrected chi connectivity index (χ0v) is 14.1. The second-order valence-corrected chi connectivity index (χ2v) is 6.13. The number of hydrogen-bond donors (Lipinski definition) is 0. The van der Waals surface area contributed by atoms with Crippen LogP contribution >= 0.6 is 23.2 Å². The molecular formula is C16H10Cl2N2O4. The van der Waals surface area contributed by atoms with Crippen molar-refractivity contribution in [2.75, 3.05) is 9.80 Å². The van der Waals surface area contributed by atoms with Crippen molar-refractivity contribution in [3.8, 4) is 0 Å². The monoisotopic (exact) mass is 364 g/mol. The molecule has 0 aromatic heterocycles. The molecule has 3 rings (SSSR count). The Balaban J connectivity index is 2.14. The second-order valence-electron chi connectivity index (χ2n) is 5.32. The Labute approximate surface area is 146 Å². The lowest BCUT2D eigenvalue weighted by Gasteiger charge is -2.24. The molecular weight excluding hydrogens is 355 g/mol. The lowest BCUT2D eigenvalue weighted by molar-refractivity contribution is -0.121. The highest BCUT2D eigenvalue weighted by Gasteiger charge is 2.37. The first-order valence-electron chi connectivity index (χ1n) is 6.85. The van der Waals surface area contributed by atoms with Crippen LogP contribution in [0.3, 0.4) is 0 Å². The summed E-state index contributed by atoms with van der Waals surface area (Å²) in [6.07, 6.45) is 2.05. The predicted octanol–water partition coefficient (Wildman–Crippen LogP) is 2.30. The summed E-state index contributed by atoms with van der Waals surface area (Å²) in [6, 6.07) is 3.17. The Kier molecular flexibility index (Phi) is 3.81. The first-order chi connectivity index (χ1) is 11.2. The topological polar surface area (TPSA) is 74.8 Å². The molecule has 0 N–H and O–H groups in total. The summed E-state index contributed by atoms with van der Waals surface area (Å²) in [4.78, 5) is 50.2. The molecule has 0 unspecified atom stereocenters. The molecule has 6 nitrogen and oxygen atoms in total. The number of benzene rings is 1. The summed E-state index contributed by atoms with van der Waals surface area (Å²) in [6.45, 7) is 3.31. The number of carbonyl (C=O) groups is 4. The van der Waals surface area contributed by atoms with Gasteiger partial charge in [0.05, 0.1) is 11.4 Å². The summed E-state index contributed by atoms with van der Waals surface area (Å²) in [5.41, 5.74) is 1.58. The minimum absolute atomic E-state index is 0.192. The van der Waals surface area contributed by atoms with E-state index < -0.39 is 23.6 Å². The Morgan fingerprint density at radius 2 is 1.29 bits per heavy atom. The molecule has 1 aromatic carbocycles. The molecule has 0 aliphatic carbocycles. The van der Waals surface area contributed by atoms with Crippen molar-refractivity contribution in [3.05, 3.63) is 45.5 Å². The molecule has 2 heterocycles. The summed E-state index contributed by atoms with van der Waals surface area (Å²) < 4.78 is 0. The number of aryl methyl sites for hydroxylation is 1. The molecule has 0 saturated heterocycles. The van der Waals surface area contributed by atoms with Gasteiger partial charge in [-0.1, -0.05) is 29.3 Å². The summed E-state index contributed by atoms with van der Waals surface area (Å²) >= 11 is 11.5. The number of rotatable bonds is 2. The van der Waals surface area contributed by atoms with Crippen LogP contribution in [0.1, 0.15) is 11.1 Å². The van der Waals surface area contributed by atoms with E-state index in [0.29, 0.717) is 11.1 Å². The molecule has 0 fully saturated rings. The zero-order chi connectivity index (χ0) is 17.8. The highest BCUT2D eigenvalue weighted by atomic mass is 35.5. The fraction of sp³-hybridized carbons (Fsp3) is 0.125. The Morgan fingerprint density at radius 3 is 1.75 bits per heavy atom. The summed E-state index contributed by atoms with van der Waals surface area (Å²) in [5, 5.41) is -0.387. The largest absolute Gasteiger partial charge is 0.277 e. The molecule has 122 valence electrons. The quantitative estimate of drug-likeness (QED) is 0.754. The fourth-order valence-electron chi connectivity index (χ4n) is 2.73.